The van der Waals surface area contributed by atoms with E-state index in [4.69, 9.17) is 4.74 Å². The van der Waals surface area contributed by atoms with Gasteiger partial charge in [0.25, 0.3) is 11.2 Å². The van der Waals surface area contributed by atoms with Crippen LogP contribution in [0.3, 0.4) is 0 Å². The van der Waals surface area contributed by atoms with E-state index in [0.29, 0.717) is 11.3 Å². The van der Waals surface area contributed by atoms with Gasteiger partial charge in [0.15, 0.2) is 0 Å². The minimum atomic E-state index is -0.984. The van der Waals surface area contributed by atoms with E-state index >= 15 is 0 Å². The average Bonchev–Trinajstić information content (AvgIpc) is 2.84. The molecule has 4 aromatic rings. The predicted molar refractivity (Wildman–Crippen MR) is 126 cm³/mol. The van der Waals surface area contributed by atoms with Gasteiger partial charge < -0.3 is 15.2 Å². The smallest absolute Gasteiger partial charge is 0.293 e. The monoisotopic (exact) mass is 446 g/mol. The Labute approximate surface area is 189 Å². The number of anilines is 1. The molecule has 9 heteroatoms. The number of aliphatic hydroxyl groups excluding tert-OH is 1. The third kappa shape index (κ3) is 4.83. The zero-order chi connectivity index (χ0) is 23.4. The van der Waals surface area contributed by atoms with Crippen LogP contribution in [0.2, 0.25) is 0 Å². The van der Waals surface area contributed by atoms with Crippen molar-refractivity contribution in [2.45, 2.75) is 12.6 Å². The summed E-state index contributed by atoms with van der Waals surface area (Å²) in [7, 11) is 1.56. The molecule has 0 aliphatic rings. The van der Waals surface area contributed by atoms with Crippen molar-refractivity contribution in [2.75, 3.05) is 19.0 Å². The molecule has 4 rings (SSSR count). The van der Waals surface area contributed by atoms with Crippen LogP contribution in [0.4, 0.5) is 11.4 Å². The number of nitro groups is 1. The van der Waals surface area contributed by atoms with Crippen LogP contribution in [0.25, 0.3) is 22.0 Å². The number of benzene rings is 3. The van der Waals surface area contributed by atoms with E-state index in [1.807, 2.05) is 54.6 Å². The minimum absolute atomic E-state index is 0.0337. The summed E-state index contributed by atoms with van der Waals surface area (Å²) in [5.41, 5.74) is 2.04. The lowest BCUT2D eigenvalue weighted by molar-refractivity contribution is -0.383. The van der Waals surface area contributed by atoms with E-state index in [0.717, 1.165) is 11.1 Å². The molecule has 0 fully saturated rings. The highest BCUT2D eigenvalue weighted by Gasteiger charge is 2.18. The highest BCUT2D eigenvalue weighted by molar-refractivity contribution is 5.86. The molecule has 1 aromatic heterocycles. The second-order valence-electron chi connectivity index (χ2n) is 7.45. The third-order valence-electron chi connectivity index (χ3n) is 5.22. The quantitative estimate of drug-likeness (QED) is 0.314. The molecule has 0 aliphatic carbocycles. The van der Waals surface area contributed by atoms with Crippen LogP contribution < -0.4 is 15.6 Å². The Hall–Kier alpha value is -4.24. The number of ether oxygens (including phenoxy) is 1. The molecule has 33 heavy (non-hydrogen) atoms. The first-order valence-corrected chi connectivity index (χ1v) is 10.3. The second-order valence-corrected chi connectivity index (χ2v) is 7.45. The molecule has 0 bridgehead atoms. The van der Waals surface area contributed by atoms with Crippen molar-refractivity contribution in [3.63, 3.8) is 0 Å². The fourth-order valence-corrected chi connectivity index (χ4v) is 3.52. The number of nitrogens with one attached hydrogen (secondary N) is 1. The number of hydrogen-bond donors (Lipinski definition) is 2. The number of aromatic nitrogens is 2. The molecule has 2 N–H and O–H groups in total. The van der Waals surface area contributed by atoms with Gasteiger partial charge in [0.1, 0.15) is 24.1 Å². The van der Waals surface area contributed by atoms with Crippen LogP contribution in [0.15, 0.2) is 77.9 Å². The first-order chi connectivity index (χ1) is 16.0. The minimum Gasteiger partial charge on any atom is -0.491 e. The molecular weight excluding hydrogens is 424 g/mol. The van der Waals surface area contributed by atoms with Gasteiger partial charge >= 0.3 is 0 Å². The zero-order valence-corrected chi connectivity index (χ0v) is 17.8. The fraction of sp³-hybridized carbons (Fsp3) is 0.167. The van der Waals surface area contributed by atoms with Crippen molar-refractivity contribution in [1.29, 1.82) is 0 Å². The average molecular weight is 446 g/mol. The number of hydrogen-bond acceptors (Lipinski definition) is 7. The van der Waals surface area contributed by atoms with Gasteiger partial charge in [-0.05, 0) is 29.3 Å². The lowest BCUT2D eigenvalue weighted by Gasteiger charge is -2.14. The largest absolute Gasteiger partial charge is 0.491 e. The number of rotatable bonds is 8. The van der Waals surface area contributed by atoms with Gasteiger partial charge in [-0.3, -0.25) is 19.5 Å². The third-order valence-corrected chi connectivity index (χ3v) is 5.22. The fourth-order valence-electron chi connectivity index (χ4n) is 3.52. The van der Waals surface area contributed by atoms with Crippen LogP contribution in [0, 0.1) is 10.1 Å². The number of nitro benzene ring substituents is 1. The Morgan fingerprint density at radius 3 is 2.48 bits per heavy atom. The Balaban J connectivity index is 1.45. The van der Waals surface area contributed by atoms with E-state index < -0.39 is 16.6 Å². The van der Waals surface area contributed by atoms with Crippen LogP contribution in [-0.4, -0.2) is 39.3 Å². The molecule has 0 amide bonds. The van der Waals surface area contributed by atoms with Gasteiger partial charge in [-0.15, -0.1) is 0 Å². The van der Waals surface area contributed by atoms with Gasteiger partial charge in [-0.2, -0.15) is 0 Å². The van der Waals surface area contributed by atoms with Crippen LogP contribution in [-0.2, 0) is 6.54 Å². The van der Waals surface area contributed by atoms with E-state index in [9.17, 15) is 20.0 Å². The molecule has 1 atom stereocenters. The molecule has 0 radical (unpaired) electrons. The van der Waals surface area contributed by atoms with Gasteiger partial charge in [0.05, 0.1) is 28.7 Å². The maximum atomic E-state index is 12.8. The Morgan fingerprint density at radius 2 is 1.82 bits per heavy atom. The van der Waals surface area contributed by atoms with Crippen molar-refractivity contribution < 1.29 is 14.8 Å². The van der Waals surface area contributed by atoms with Gasteiger partial charge in [0.2, 0.25) is 0 Å². The van der Waals surface area contributed by atoms with Crippen LogP contribution in [0.5, 0.6) is 5.75 Å². The highest BCUT2D eigenvalue weighted by atomic mass is 16.6. The van der Waals surface area contributed by atoms with Gasteiger partial charge in [-0.25, -0.2) is 4.98 Å². The summed E-state index contributed by atoms with van der Waals surface area (Å²) in [6, 6.07) is 20.1. The predicted octanol–water partition coefficient (Wildman–Crippen LogP) is 3.45. The molecule has 0 aliphatic heterocycles. The highest BCUT2D eigenvalue weighted by Crippen LogP contribution is 2.27. The summed E-state index contributed by atoms with van der Waals surface area (Å²) in [6.07, 6.45) is 0.329. The molecule has 9 nitrogen and oxygen atoms in total. The first kappa shape index (κ1) is 22.0. The molecule has 3 aromatic carbocycles. The normalized spacial score (nSPS) is 11.8. The van der Waals surface area contributed by atoms with E-state index in [2.05, 4.69) is 10.3 Å². The van der Waals surface area contributed by atoms with Crippen LogP contribution in [0.1, 0.15) is 0 Å². The molecule has 1 unspecified atom stereocenters. The Morgan fingerprint density at radius 1 is 1.12 bits per heavy atom. The second kappa shape index (κ2) is 9.49. The molecule has 0 spiro atoms. The topological polar surface area (TPSA) is 120 Å². The molecule has 0 saturated heterocycles. The number of aliphatic hydroxyl groups is 1. The van der Waals surface area contributed by atoms with Crippen molar-refractivity contribution in [3.05, 3.63) is 93.5 Å². The molecule has 0 saturated carbocycles. The zero-order valence-electron chi connectivity index (χ0n) is 17.8. The molecular formula is C24H22N4O5. The summed E-state index contributed by atoms with van der Waals surface area (Å²) in [5.74, 6) is 0.591. The van der Waals surface area contributed by atoms with Crippen molar-refractivity contribution in [3.8, 4) is 16.9 Å². The summed E-state index contributed by atoms with van der Waals surface area (Å²) >= 11 is 0. The standard InChI is InChI=1S/C24H22N4O5/c1-25-22-12-21-20(11-23(22)28(31)32)24(30)27(15-26-21)13-18(29)14-33-19-9-7-17(8-10-19)16-5-3-2-4-6-16/h2-12,15,18,25,29H,13-14H2,1H3. The van der Waals surface area contributed by atoms with Crippen LogP contribution >= 0.6 is 0 Å². The van der Waals surface area contributed by atoms with Crippen molar-refractivity contribution >= 4 is 22.3 Å². The number of nitrogens with zero attached hydrogens (tertiary/aromatic N) is 3. The summed E-state index contributed by atoms with van der Waals surface area (Å²) < 4.78 is 6.88. The van der Waals surface area contributed by atoms with Gasteiger partial charge in [0, 0.05) is 13.1 Å². The summed E-state index contributed by atoms with van der Waals surface area (Å²) in [5, 5.41) is 24.5. The summed E-state index contributed by atoms with van der Waals surface area (Å²) in [6.45, 7) is -0.0978. The first-order valence-electron chi connectivity index (χ1n) is 10.3. The summed E-state index contributed by atoms with van der Waals surface area (Å²) in [4.78, 5) is 27.8. The van der Waals surface area contributed by atoms with Crippen molar-refractivity contribution in [2.24, 2.45) is 0 Å². The Bertz CT molecular complexity index is 1340. The van der Waals surface area contributed by atoms with Crippen molar-refractivity contribution in [1.82, 2.24) is 9.55 Å². The maximum absolute atomic E-state index is 12.8. The Kier molecular flexibility index (Phi) is 6.32. The van der Waals surface area contributed by atoms with E-state index in [1.54, 1.807) is 7.05 Å². The molecule has 1 heterocycles. The van der Waals surface area contributed by atoms with E-state index in [1.165, 1.54) is 23.0 Å². The lowest BCUT2D eigenvalue weighted by atomic mass is 10.1. The molecule has 168 valence electrons. The SMILES string of the molecule is CNc1cc2ncn(CC(O)COc3ccc(-c4ccccc4)cc3)c(=O)c2cc1[N+](=O)[O-]. The lowest BCUT2D eigenvalue weighted by Crippen LogP contribution is -2.30. The van der Waals surface area contributed by atoms with Gasteiger partial charge in [-0.1, -0.05) is 42.5 Å². The number of fused-ring (bicyclic) bond motifs is 1. The maximum Gasteiger partial charge on any atom is 0.293 e. The van der Waals surface area contributed by atoms with E-state index in [-0.39, 0.29) is 29.9 Å².